The molecule has 1 aromatic rings. The molecule has 128 valence electrons. The maximum Gasteiger partial charge on any atom is 0.228 e. The Bertz CT molecular complexity index is 530. The molecule has 1 aromatic heterocycles. The zero-order valence-electron chi connectivity index (χ0n) is 13.4. The molecule has 8 heteroatoms. The first-order valence-corrected chi connectivity index (χ1v) is 9.85. The van der Waals surface area contributed by atoms with Crippen molar-refractivity contribution in [3.05, 3.63) is 11.1 Å². The van der Waals surface area contributed by atoms with Gasteiger partial charge in [-0.3, -0.25) is 4.79 Å². The second kappa shape index (κ2) is 7.94. The first-order chi connectivity index (χ1) is 11.2. The van der Waals surface area contributed by atoms with Gasteiger partial charge in [-0.05, 0) is 5.75 Å². The van der Waals surface area contributed by atoms with Crippen LogP contribution in [-0.2, 0) is 20.7 Å². The molecule has 2 fully saturated rings. The molecular formula is C15H23N3O3S2. The average molecular weight is 358 g/mol. The minimum Gasteiger partial charge on any atom is -0.377 e. The Morgan fingerprint density at radius 3 is 3.35 bits per heavy atom. The van der Waals surface area contributed by atoms with Gasteiger partial charge in [0.15, 0.2) is 0 Å². The van der Waals surface area contributed by atoms with E-state index in [9.17, 15) is 4.79 Å². The molecule has 2 aliphatic rings. The van der Waals surface area contributed by atoms with Crippen molar-refractivity contribution < 1.29 is 14.3 Å². The van der Waals surface area contributed by atoms with E-state index in [4.69, 9.17) is 9.47 Å². The third kappa shape index (κ3) is 4.45. The summed E-state index contributed by atoms with van der Waals surface area (Å²) in [4.78, 5) is 19.0. The Balaban J connectivity index is 1.59. The molecule has 1 atom stereocenters. The van der Waals surface area contributed by atoms with Crippen LogP contribution in [0.15, 0.2) is 9.72 Å². The van der Waals surface area contributed by atoms with E-state index in [1.807, 2.05) is 10.3 Å². The van der Waals surface area contributed by atoms with Crippen molar-refractivity contribution in [1.29, 1.82) is 0 Å². The fourth-order valence-electron chi connectivity index (χ4n) is 2.85. The summed E-state index contributed by atoms with van der Waals surface area (Å²) in [5.74, 6) is 1.12. The van der Waals surface area contributed by atoms with E-state index in [1.54, 1.807) is 23.1 Å². The number of morpholine rings is 1. The summed E-state index contributed by atoms with van der Waals surface area (Å²) in [6, 6.07) is 0. The van der Waals surface area contributed by atoms with Gasteiger partial charge in [-0.1, -0.05) is 18.7 Å². The standard InChI is InChI=1S/C15H23N3O3S2/c1-2-22-14-17-12(8-23-14)7-13(19)18-4-6-21-15(10-18)9-16-3-5-20-11-15/h8,16H,2-7,9-11H2,1H3/t15-/m1/s1. The summed E-state index contributed by atoms with van der Waals surface area (Å²) >= 11 is 3.33. The number of thioether (sulfide) groups is 1. The van der Waals surface area contributed by atoms with E-state index in [1.165, 1.54) is 0 Å². The topological polar surface area (TPSA) is 63.7 Å². The van der Waals surface area contributed by atoms with Crippen LogP contribution in [0.4, 0.5) is 0 Å². The molecule has 3 rings (SSSR count). The van der Waals surface area contributed by atoms with Gasteiger partial charge < -0.3 is 19.7 Å². The molecule has 1 spiro atoms. The summed E-state index contributed by atoms with van der Waals surface area (Å²) in [5, 5.41) is 5.32. The van der Waals surface area contributed by atoms with Crippen LogP contribution in [0.5, 0.6) is 0 Å². The normalized spacial score (nSPS) is 25.5. The van der Waals surface area contributed by atoms with Crippen LogP contribution in [0.25, 0.3) is 0 Å². The molecule has 1 amide bonds. The summed E-state index contributed by atoms with van der Waals surface area (Å²) in [7, 11) is 0. The van der Waals surface area contributed by atoms with Crippen molar-refractivity contribution in [1.82, 2.24) is 15.2 Å². The zero-order chi connectivity index (χ0) is 16.1. The van der Waals surface area contributed by atoms with Gasteiger partial charge in [0.25, 0.3) is 0 Å². The molecule has 3 heterocycles. The second-order valence-corrected chi connectivity index (χ2v) is 8.16. The third-order valence-electron chi connectivity index (χ3n) is 3.97. The predicted octanol–water partition coefficient (Wildman–Crippen LogP) is 1.02. The van der Waals surface area contributed by atoms with Crippen LogP contribution in [0.1, 0.15) is 12.6 Å². The Kier molecular flexibility index (Phi) is 5.92. The average Bonchev–Trinajstić information content (AvgIpc) is 2.86. The number of aromatic nitrogens is 1. The maximum absolute atomic E-state index is 12.6. The van der Waals surface area contributed by atoms with E-state index in [-0.39, 0.29) is 5.91 Å². The van der Waals surface area contributed by atoms with Crippen LogP contribution in [-0.4, -0.2) is 73.1 Å². The molecule has 0 aromatic carbocycles. The number of hydrogen-bond donors (Lipinski definition) is 1. The third-order valence-corrected chi connectivity index (χ3v) is 5.92. The summed E-state index contributed by atoms with van der Waals surface area (Å²) < 4.78 is 12.6. The van der Waals surface area contributed by atoms with Crippen LogP contribution in [0, 0.1) is 0 Å². The number of carbonyl (C=O) groups is 1. The Morgan fingerprint density at radius 2 is 2.48 bits per heavy atom. The van der Waals surface area contributed by atoms with Gasteiger partial charge >= 0.3 is 0 Å². The summed E-state index contributed by atoms with van der Waals surface area (Å²) in [5.41, 5.74) is 0.460. The van der Waals surface area contributed by atoms with Gasteiger partial charge in [0.05, 0.1) is 38.5 Å². The molecule has 6 nitrogen and oxygen atoms in total. The Morgan fingerprint density at radius 1 is 1.57 bits per heavy atom. The highest BCUT2D eigenvalue weighted by Gasteiger charge is 2.39. The molecule has 0 aliphatic carbocycles. The minimum atomic E-state index is -0.407. The minimum absolute atomic E-state index is 0.121. The van der Waals surface area contributed by atoms with Crippen LogP contribution >= 0.6 is 23.1 Å². The SMILES string of the molecule is CCSc1nc(CC(=O)N2CCO[C@]3(CNCCOC3)C2)cs1. The van der Waals surface area contributed by atoms with Gasteiger partial charge in [0.2, 0.25) is 5.91 Å². The second-order valence-electron chi connectivity index (χ2n) is 5.79. The smallest absolute Gasteiger partial charge is 0.228 e. The van der Waals surface area contributed by atoms with E-state index in [0.717, 1.165) is 28.9 Å². The lowest BCUT2D eigenvalue weighted by Crippen LogP contribution is -2.59. The fourth-order valence-corrected chi connectivity index (χ4v) is 4.59. The van der Waals surface area contributed by atoms with Crippen molar-refractivity contribution in [3.63, 3.8) is 0 Å². The van der Waals surface area contributed by atoms with Gasteiger partial charge in [-0.15, -0.1) is 11.3 Å². The molecule has 0 saturated carbocycles. The lowest BCUT2D eigenvalue weighted by Gasteiger charge is -2.41. The van der Waals surface area contributed by atoms with E-state index in [2.05, 4.69) is 17.2 Å². The molecule has 2 saturated heterocycles. The molecule has 23 heavy (non-hydrogen) atoms. The number of ether oxygens (including phenoxy) is 2. The molecule has 0 unspecified atom stereocenters. The van der Waals surface area contributed by atoms with Gasteiger partial charge in [0, 0.05) is 25.0 Å². The van der Waals surface area contributed by atoms with Crippen molar-refractivity contribution in [2.45, 2.75) is 23.3 Å². The van der Waals surface area contributed by atoms with Crippen LogP contribution in [0.2, 0.25) is 0 Å². The van der Waals surface area contributed by atoms with Gasteiger partial charge in [-0.25, -0.2) is 4.98 Å². The Hall–Kier alpha value is -0.670. The maximum atomic E-state index is 12.6. The fraction of sp³-hybridized carbons (Fsp3) is 0.733. The van der Waals surface area contributed by atoms with Gasteiger partial charge in [0.1, 0.15) is 9.94 Å². The quantitative estimate of drug-likeness (QED) is 0.812. The highest BCUT2D eigenvalue weighted by atomic mass is 32.2. The monoisotopic (exact) mass is 357 g/mol. The van der Waals surface area contributed by atoms with Crippen molar-refractivity contribution >= 4 is 29.0 Å². The van der Waals surface area contributed by atoms with E-state index < -0.39 is 5.60 Å². The largest absolute Gasteiger partial charge is 0.377 e. The molecule has 0 radical (unpaired) electrons. The highest BCUT2D eigenvalue weighted by Crippen LogP contribution is 2.24. The number of carbonyl (C=O) groups excluding carboxylic acids is 1. The van der Waals surface area contributed by atoms with Crippen LogP contribution in [0.3, 0.4) is 0 Å². The van der Waals surface area contributed by atoms with Crippen molar-refractivity contribution in [3.8, 4) is 0 Å². The number of hydrogen-bond acceptors (Lipinski definition) is 7. The predicted molar refractivity (Wildman–Crippen MR) is 91.2 cm³/mol. The van der Waals surface area contributed by atoms with Crippen molar-refractivity contribution in [2.24, 2.45) is 0 Å². The number of thiazole rings is 1. The highest BCUT2D eigenvalue weighted by molar-refractivity contribution is 8.00. The zero-order valence-corrected chi connectivity index (χ0v) is 15.0. The lowest BCUT2D eigenvalue weighted by atomic mass is 10.0. The molecule has 1 N–H and O–H groups in total. The van der Waals surface area contributed by atoms with Crippen LogP contribution < -0.4 is 5.32 Å². The lowest BCUT2D eigenvalue weighted by molar-refractivity contribution is -0.157. The first kappa shape index (κ1) is 17.2. The van der Waals surface area contributed by atoms with E-state index >= 15 is 0 Å². The Labute approximate surface area is 144 Å². The first-order valence-electron chi connectivity index (χ1n) is 7.98. The van der Waals surface area contributed by atoms with Crippen molar-refractivity contribution in [2.75, 3.05) is 51.8 Å². The number of nitrogens with zero attached hydrogens (tertiary/aromatic N) is 2. The number of nitrogens with one attached hydrogen (secondary N) is 1. The molecular weight excluding hydrogens is 334 g/mol. The van der Waals surface area contributed by atoms with E-state index in [0.29, 0.717) is 39.3 Å². The molecule has 2 aliphatic heterocycles. The number of amides is 1. The van der Waals surface area contributed by atoms with Gasteiger partial charge in [-0.2, -0.15) is 0 Å². The summed E-state index contributed by atoms with van der Waals surface area (Å²) in [6.45, 7) is 6.67. The molecule has 0 bridgehead atoms. The summed E-state index contributed by atoms with van der Waals surface area (Å²) in [6.07, 6.45) is 0.366. The number of rotatable bonds is 4.